The maximum atomic E-state index is 12.7. The Morgan fingerprint density at radius 3 is 1.30 bits per heavy atom. The standard InChI is InChI=1S/C34H56N4O14.Gd/c1-2-50-18-19-51-20-21-52-26-8-6-25(7-9-26)4-3-5-27(31(42)43)35-10-12-36(28(22-39)32(44)45)14-16-38(30(24-41)34(48)49)17-15-37(13-11-35)29(23-40)33(46)47;/h6-9,27-30,39-41H,2-5,10-24H2,1H3,(H,42,43)(H,44,45)(H,46,47)(H,48,49);. The number of hydrogen-bond acceptors (Lipinski definition) is 14. The third-order valence-corrected chi connectivity index (χ3v) is 9.06. The number of hydrogen-bond donors (Lipinski definition) is 7. The van der Waals surface area contributed by atoms with Gasteiger partial charge in [0.05, 0.1) is 39.6 Å². The second-order valence-corrected chi connectivity index (χ2v) is 12.3. The fraction of sp³-hybridized carbons (Fsp3) is 0.706. The molecule has 4 atom stereocenters. The maximum Gasteiger partial charge on any atom is 0.323 e. The Hall–Kier alpha value is -2.14. The van der Waals surface area contributed by atoms with Gasteiger partial charge in [-0.05, 0) is 43.9 Å². The molecule has 0 amide bonds. The molecule has 7 N–H and O–H groups in total. The molecule has 1 fully saturated rings. The second kappa shape index (κ2) is 27.4. The molecule has 18 nitrogen and oxygen atoms in total. The smallest absolute Gasteiger partial charge is 0.323 e. The molecule has 1 saturated heterocycles. The zero-order chi connectivity index (χ0) is 38.5. The number of ether oxygens (including phenoxy) is 3. The first kappa shape index (κ1) is 48.9. The van der Waals surface area contributed by atoms with Crippen LogP contribution in [0.5, 0.6) is 5.75 Å². The number of aliphatic hydroxyl groups is 3. The number of benzene rings is 1. The number of nitrogens with zero attached hydrogens (tertiary/aromatic N) is 4. The number of aliphatic carboxylic acids is 4. The molecule has 0 saturated carbocycles. The van der Waals surface area contributed by atoms with Gasteiger partial charge >= 0.3 is 23.9 Å². The van der Waals surface area contributed by atoms with Crippen LogP contribution in [0.2, 0.25) is 0 Å². The number of aryl methyl sites for hydroxylation is 1. The van der Waals surface area contributed by atoms with E-state index >= 15 is 0 Å². The summed E-state index contributed by atoms with van der Waals surface area (Å²) in [6.07, 6.45) is 1.24. The molecule has 0 aromatic heterocycles. The quantitative estimate of drug-likeness (QED) is 0.0615. The van der Waals surface area contributed by atoms with Gasteiger partial charge in [-0.2, -0.15) is 0 Å². The van der Waals surface area contributed by atoms with Crippen LogP contribution in [0.3, 0.4) is 0 Å². The fourth-order valence-corrected chi connectivity index (χ4v) is 6.07. The van der Waals surface area contributed by atoms with Crippen molar-refractivity contribution in [2.24, 2.45) is 0 Å². The molecule has 53 heavy (non-hydrogen) atoms. The third kappa shape index (κ3) is 17.5. The molecule has 1 aromatic rings. The SMILES string of the molecule is CCOCCOCCOc1ccc(CCCC(C(=O)O)N2CCN(C(CO)C(=O)O)CCN(C(CO)C(=O)O)CCN(C(CO)C(=O)O)CC2)cc1.[Gd]. The minimum atomic E-state index is -1.38. The first-order chi connectivity index (χ1) is 25.0. The minimum absolute atomic E-state index is 0. The molecule has 0 radical (unpaired) electrons. The molecular weight excluding hydrogens is 846 g/mol. The van der Waals surface area contributed by atoms with Crippen molar-refractivity contribution < 1.29 is 109 Å². The summed E-state index contributed by atoms with van der Waals surface area (Å²) in [6, 6.07) is 2.29. The molecule has 4 unspecified atom stereocenters. The van der Waals surface area contributed by atoms with Gasteiger partial charge in [0, 0.05) is 98.9 Å². The zero-order valence-electron chi connectivity index (χ0n) is 30.2. The Bertz CT molecular complexity index is 1180. The normalized spacial score (nSPS) is 18.0. The van der Waals surface area contributed by atoms with Crippen LogP contribution in [-0.4, -0.2) is 209 Å². The van der Waals surface area contributed by atoms with E-state index in [9.17, 15) is 54.9 Å². The Morgan fingerprint density at radius 1 is 0.585 bits per heavy atom. The first-order valence-electron chi connectivity index (χ1n) is 17.5. The summed E-state index contributed by atoms with van der Waals surface area (Å²) in [5, 5.41) is 69.5. The molecule has 304 valence electrons. The van der Waals surface area contributed by atoms with E-state index in [-0.39, 0.29) is 98.7 Å². The van der Waals surface area contributed by atoms with E-state index in [2.05, 4.69) is 0 Å². The number of carbonyl (C=O) groups is 4. The van der Waals surface area contributed by atoms with Gasteiger partial charge in [0.2, 0.25) is 0 Å². The van der Waals surface area contributed by atoms with Gasteiger partial charge in [-0.25, -0.2) is 0 Å². The van der Waals surface area contributed by atoms with Crippen molar-refractivity contribution in [2.75, 3.05) is 105 Å². The average molecular weight is 902 g/mol. The van der Waals surface area contributed by atoms with Crippen LogP contribution in [0.1, 0.15) is 25.3 Å². The van der Waals surface area contributed by atoms with E-state index in [1.807, 2.05) is 31.2 Å². The summed E-state index contributed by atoms with van der Waals surface area (Å²) >= 11 is 0. The molecule has 1 heterocycles. The third-order valence-electron chi connectivity index (χ3n) is 9.06. The zero-order valence-corrected chi connectivity index (χ0v) is 32.5. The predicted molar refractivity (Wildman–Crippen MR) is 185 cm³/mol. The van der Waals surface area contributed by atoms with E-state index in [0.29, 0.717) is 51.6 Å². The molecular formula is C34H56GdN4O14. The van der Waals surface area contributed by atoms with Crippen LogP contribution in [0.15, 0.2) is 24.3 Å². The van der Waals surface area contributed by atoms with Gasteiger partial charge in [0.15, 0.2) is 0 Å². The topological polar surface area (TPSA) is 251 Å². The predicted octanol–water partition coefficient (Wildman–Crippen LogP) is -1.55. The minimum Gasteiger partial charge on any atom is -0.491 e. The molecule has 0 bridgehead atoms. The van der Waals surface area contributed by atoms with Gasteiger partial charge in [-0.1, -0.05) is 12.1 Å². The van der Waals surface area contributed by atoms with Crippen molar-refractivity contribution in [3.05, 3.63) is 29.8 Å². The van der Waals surface area contributed by atoms with Gasteiger partial charge in [-0.3, -0.25) is 38.8 Å². The van der Waals surface area contributed by atoms with Gasteiger partial charge in [0.25, 0.3) is 0 Å². The van der Waals surface area contributed by atoms with Crippen molar-refractivity contribution >= 4 is 23.9 Å². The van der Waals surface area contributed by atoms with Crippen LogP contribution in [0, 0.1) is 39.9 Å². The Kier molecular flexibility index (Phi) is 25.3. The monoisotopic (exact) mass is 902 g/mol. The summed E-state index contributed by atoms with van der Waals surface area (Å²) < 4.78 is 16.4. The second-order valence-electron chi connectivity index (χ2n) is 12.3. The summed E-state index contributed by atoms with van der Waals surface area (Å²) in [4.78, 5) is 54.6. The van der Waals surface area contributed by atoms with Gasteiger partial charge in [0.1, 0.15) is 36.5 Å². The molecule has 0 aliphatic carbocycles. The van der Waals surface area contributed by atoms with Crippen LogP contribution in [0.25, 0.3) is 0 Å². The van der Waals surface area contributed by atoms with E-state index in [0.717, 1.165) is 5.56 Å². The molecule has 1 aliphatic heterocycles. The largest absolute Gasteiger partial charge is 0.491 e. The summed E-state index contributed by atoms with van der Waals surface area (Å²) in [6.45, 7) is 1.81. The molecule has 0 spiro atoms. The first-order valence-corrected chi connectivity index (χ1v) is 17.5. The van der Waals surface area contributed by atoms with Crippen molar-refractivity contribution in [3.8, 4) is 5.75 Å². The Balaban J connectivity index is 0.0000140. The molecule has 19 heteroatoms. The Morgan fingerprint density at radius 2 is 0.943 bits per heavy atom. The van der Waals surface area contributed by atoms with Crippen molar-refractivity contribution in [2.45, 2.75) is 50.4 Å². The fourth-order valence-electron chi connectivity index (χ4n) is 6.07. The van der Waals surface area contributed by atoms with Gasteiger partial charge < -0.3 is 50.0 Å². The van der Waals surface area contributed by atoms with E-state index in [1.165, 1.54) is 14.7 Å². The van der Waals surface area contributed by atoms with Crippen molar-refractivity contribution in [1.82, 2.24) is 19.6 Å². The van der Waals surface area contributed by atoms with E-state index < -0.39 is 67.9 Å². The number of carboxylic acids is 4. The molecule has 2 rings (SSSR count). The van der Waals surface area contributed by atoms with Crippen LogP contribution >= 0.6 is 0 Å². The number of rotatable bonds is 23. The maximum absolute atomic E-state index is 12.7. The van der Waals surface area contributed by atoms with Crippen LogP contribution in [0.4, 0.5) is 0 Å². The van der Waals surface area contributed by atoms with Crippen LogP contribution in [-0.2, 0) is 35.1 Å². The van der Waals surface area contributed by atoms with Crippen molar-refractivity contribution in [3.63, 3.8) is 0 Å². The number of aliphatic hydroxyl groups excluding tert-OH is 3. The summed E-state index contributed by atoms with van der Waals surface area (Å²) in [7, 11) is 0. The summed E-state index contributed by atoms with van der Waals surface area (Å²) in [5.74, 6) is -4.43. The summed E-state index contributed by atoms with van der Waals surface area (Å²) in [5.41, 5.74) is 0.960. The van der Waals surface area contributed by atoms with E-state index in [4.69, 9.17) is 14.2 Å². The van der Waals surface area contributed by atoms with Crippen molar-refractivity contribution in [1.29, 1.82) is 0 Å². The Labute approximate surface area is 341 Å². The molecule has 1 aromatic carbocycles. The van der Waals surface area contributed by atoms with Crippen LogP contribution < -0.4 is 4.74 Å². The van der Waals surface area contributed by atoms with E-state index in [1.54, 1.807) is 4.90 Å². The average Bonchev–Trinajstić information content (AvgIpc) is 3.10. The van der Waals surface area contributed by atoms with Gasteiger partial charge in [-0.15, -0.1) is 0 Å². The molecule has 1 aliphatic rings. The number of carboxylic acid groups (broad SMARTS) is 4.